The molecule has 170 valence electrons. The minimum Gasteiger partial charge on any atom is -0.356 e. The lowest BCUT2D eigenvalue weighted by Crippen LogP contribution is -2.49. The van der Waals surface area contributed by atoms with E-state index in [0.29, 0.717) is 50.3 Å². The fourth-order valence-corrected chi connectivity index (χ4v) is 4.02. The van der Waals surface area contributed by atoms with Gasteiger partial charge >= 0.3 is 0 Å². The highest BCUT2D eigenvalue weighted by Gasteiger charge is 2.23. The van der Waals surface area contributed by atoms with Crippen LogP contribution in [0.1, 0.15) is 32.6 Å². The van der Waals surface area contributed by atoms with E-state index < -0.39 is 0 Å². The van der Waals surface area contributed by atoms with Gasteiger partial charge < -0.3 is 20.4 Å². The van der Waals surface area contributed by atoms with Gasteiger partial charge in [-0.15, -0.1) is 24.8 Å². The fourth-order valence-electron chi connectivity index (χ4n) is 4.02. The molecule has 2 amide bonds. The summed E-state index contributed by atoms with van der Waals surface area (Å²) < 4.78 is 0. The Morgan fingerprint density at radius 3 is 2.40 bits per heavy atom. The summed E-state index contributed by atoms with van der Waals surface area (Å²) in [5, 5.41) is 6.28. The van der Waals surface area contributed by atoms with Gasteiger partial charge in [-0.2, -0.15) is 0 Å². The van der Waals surface area contributed by atoms with Crippen molar-refractivity contribution in [3.63, 3.8) is 0 Å². The molecule has 1 unspecified atom stereocenters. The van der Waals surface area contributed by atoms with E-state index in [4.69, 9.17) is 0 Å². The average Bonchev–Trinajstić information content (AvgIpc) is 2.75. The molecule has 10 heteroatoms. The number of hydrogen-bond acceptors (Lipinski definition) is 6. The average molecular weight is 461 g/mol. The molecule has 2 aliphatic heterocycles. The molecule has 0 bridgehead atoms. The molecular weight excluding hydrogens is 427 g/mol. The maximum atomic E-state index is 12.4. The molecule has 0 aromatic carbocycles. The molecule has 1 aromatic rings. The summed E-state index contributed by atoms with van der Waals surface area (Å²) in [7, 11) is 0. The van der Waals surface area contributed by atoms with Crippen molar-refractivity contribution in [3.05, 3.63) is 18.5 Å². The number of piperazine rings is 1. The van der Waals surface area contributed by atoms with Crippen molar-refractivity contribution in [1.29, 1.82) is 0 Å². The smallest absolute Gasteiger partial charge is 0.225 e. The van der Waals surface area contributed by atoms with E-state index in [-0.39, 0.29) is 36.6 Å². The molecule has 8 nitrogen and oxygen atoms in total. The molecule has 0 aliphatic carbocycles. The van der Waals surface area contributed by atoms with Crippen molar-refractivity contribution in [2.45, 2.75) is 32.6 Å². The Labute approximate surface area is 191 Å². The molecule has 0 saturated carbocycles. The van der Waals surface area contributed by atoms with E-state index in [1.54, 1.807) is 18.5 Å². The van der Waals surface area contributed by atoms with Crippen LogP contribution < -0.4 is 15.5 Å². The third-order valence-electron chi connectivity index (χ3n) is 5.82. The van der Waals surface area contributed by atoms with Crippen LogP contribution in [0.2, 0.25) is 0 Å². The van der Waals surface area contributed by atoms with Crippen molar-refractivity contribution in [3.8, 4) is 0 Å². The highest BCUT2D eigenvalue weighted by Crippen LogP contribution is 2.24. The summed E-state index contributed by atoms with van der Waals surface area (Å²) in [5.41, 5.74) is 0. The first-order valence-corrected chi connectivity index (χ1v) is 10.4. The normalized spacial score (nSPS) is 18.0. The molecule has 1 aromatic heterocycles. The first-order chi connectivity index (χ1) is 13.6. The number of nitrogens with zero attached hydrogens (tertiary/aromatic N) is 4. The van der Waals surface area contributed by atoms with Gasteiger partial charge in [-0.1, -0.05) is 6.92 Å². The predicted molar refractivity (Wildman–Crippen MR) is 122 cm³/mol. The predicted octanol–water partition coefficient (Wildman–Crippen LogP) is 1.50. The van der Waals surface area contributed by atoms with Gasteiger partial charge in [0.05, 0.1) is 0 Å². The first kappa shape index (κ1) is 26.4. The Morgan fingerprint density at radius 2 is 1.77 bits per heavy atom. The molecule has 1 atom stereocenters. The number of carbonyl (C=O) groups excluding carboxylic acids is 2. The van der Waals surface area contributed by atoms with E-state index in [2.05, 4.69) is 32.4 Å². The second-order valence-corrected chi connectivity index (χ2v) is 7.79. The van der Waals surface area contributed by atoms with Crippen LogP contribution in [0, 0.1) is 11.8 Å². The maximum absolute atomic E-state index is 12.4. The number of hydrogen-bond donors (Lipinski definition) is 2. The van der Waals surface area contributed by atoms with Gasteiger partial charge in [-0.05, 0) is 43.8 Å². The monoisotopic (exact) mass is 460 g/mol. The summed E-state index contributed by atoms with van der Waals surface area (Å²) in [4.78, 5) is 37.1. The van der Waals surface area contributed by atoms with Crippen molar-refractivity contribution in [2.24, 2.45) is 11.8 Å². The van der Waals surface area contributed by atoms with Crippen molar-refractivity contribution >= 4 is 42.6 Å². The van der Waals surface area contributed by atoms with Gasteiger partial charge in [0.15, 0.2) is 0 Å². The molecule has 2 N–H and O–H groups in total. The van der Waals surface area contributed by atoms with Gasteiger partial charge in [0, 0.05) is 58.0 Å². The van der Waals surface area contributed by atoms with Crippen LogP contribution in [-0.2, 0) is 9.59 Å². The van der Waals surface area contributed by atoms with Crippen molar-refractivity contribution in [1.82, 2.24) is 25.5 Å². The fraction of sp³-hybridized carbons (Fsp3) is 0.700. The number of nitrogens with one attached hydrogen (secondary N) is 2. The minimum atomic E-state index is 0. The molecule has 30 heavy (non-hydrogen) atoms. The van der Waals surface area contributed by atoms with Crippen molar-refractivity contribution < 1.29 is 9.59 Å². The molecule has 2 aliphatic rings. The van der Waals surface area contributed by atoms with Crippen LogP contribution in [0.25, 0.3) is 0 Å². The first-order valence-electron chi connectivity index (χ1n) is 10.4. The van der Waals surface area contributed by atoms with E-state index in [1.807, 2.05) is 4.90 Å². The third kappa shape index (κ3) is 7.89. The topological polar surface area (TPSA) is 90.5 Å². The molecule has 0 radical (unpaired) electrons. The highest BCUT2D eigenvalue weighted by molar-refractivity contribution is 5.85. The standard InChI is InChI=1S/C20H32N6O2.2ClH/c1-16(17-3-8-21-9-4-17)15-18(27)22-10-5-19(28)25-11-13-26(14-12-25)20-23-6-2-7-24-20;;/h2,6-7,16-17,21H,3-5,8-15H2,1H3,(H,22,27);2*1H. The Morgan fingerprint density at radius 1 is 1.13 bits per heavy atom. The van der Waals surface area contributed by atoms with Crippen LogP contribution >= 0.6 is 24.8 Å². The zero-order valence-electron chi connectivity index (χ0n) is 17.6. The number of carbonyl (C=O) groups is 2. The SMILES string of the molecule is CC(CC(=O)NCCC(=O)N1CCN(c2ncccn2)CC1)C1CCNCC1.Cl.Cl. The third-order valence-corrected chi connectivity index (χ3v) is 5.82. The molecule has 2 fully saturated rings. The number of halogens is 2. The van der Waals surface area contributed by atoms with Gasteiger partial charge in [0.25, 0.3) is 0 Å². The molecule has 3 rings (SSSR count). The highest BCUT2D eigenvalue weighted by atomic mass is 35.5. The Balaban J connectivity index is 0.00000225. The number of rotatable bonds is 7. The summed E-state index contributed by atoms with van der Waals surface area (Å²) in [6, 6.07) is 1.80. The lowest BCUT2D eigenvalue weighted by atomic mass is 9.84. The Hall–Kier alpha value is -1.64. The number of amides is 2. The maximum Gasteiger partial charge on any atom is 0.225 e. The lowest BCUT2D eigenvalue weighted by molar-refractivity contribution is -0.131. The van der Waals surface area contributed by atoms with Crippen LogP contribution in [0.5, 0.6) is 0 Å². The van der Waals surface area contributed by atoms with Crippen LogP contribution in [0.15, 0.2) is 18.5 Å². The van der Waals surface area contributed by atoms with E-state index >= 15 is 0 Å². The van der Waals surface area contributed by atoms with Gasteiger partial charge in [0.2, 0.25) is 17.8 Å². The number of anilines is 1. The van der Waals surface area contributed by atoms with E-state index in [1.165, 1.54) is 0 Å². The second-order valence-electron chi connectivity index (χ2n) is 7.79. The summed E-state index contributed by atoms with van der Waals surface area (Å²) in [6.07, 6.45) is 6.66. The summed E-state index contributed by atoms with van der Waals surface area (Å²) >= 11 is 0. The van der Waals surface area contributed by atoms with E-state index in [9.17, 15) is 9.59 Å². The van der Waals surface area contributed by atoms with Crippen LogP contribution in [0.4, 0.5) is 5.95 Å². The summed E-state index contributed by atoms with van der Waals surface area (Å²) in [6.45, 7) is 7.47. The van der Waals surface area contributed by atoms with Gasteiger partial charge in [-0.3, -0.25) is 9.59 Å². The largest absolute Gasteiger partial charge is 0.356 e. The number of piperidine rings is 1. The van der Waals surface area contributed by atoms with E-state index in [0.717, 1.165) is 39.0 Å². The summed E-state index contributed by atoms with van der Waals surface area (Å²) in [5.74, 6) is 1.89. The molecule has 2 saturated heterocycles. The zero-order chi connectivity index (χ0) is 19.8. The Bertz CT molecular complexity index is 637. The number of aromatic nitrogens is 2. The van der Waals surface area contributed by atoms with Crippen LogP contribution in [0.3, 0.4) is 0 Å². The Kier molecular flexibility index (Phi) is 12.0. The van der Waals surface area contributed by atoms with Gasteiger partial charge in [0.1, 0.15) is 0 Å². The van der Waals surface area contributed by atoms with Crippen LogP contribution in [-0.4, -0.2) is 72.5 Å². The zero-order valence-corrected chi connectivity index (χ0v) is 19.2. The second kappa shape index (κ2) is 13.6. The molecule has 3 heterocycles. The van der Waals surface area contributed by atoms with Gasteiger partial charge in [-0.25, -0.2) is 9.97 Å². The molecular formula is C20H34Cl2N6O2. The minimum absolute atomic E-state index is 0. The lowest BCUT2D eigenvalue weighted by Gasteiger charge is -2.34. The quantitative estimate of drug-likeness (QED) is 0.640. The van der Waals surface area contributed by atoms with Crippen molar-refractivity contribution in [2.75, 3.05) is 50.7 Å². The molecule has 0 spiro atoms.